The normalized spacial score (nSPS) is 12.2. The van der Waals surface area contributed by atoms with Crippen LogP contribution in [-0.4, -0.2) is 42.0 Å². The van der Waals surface area contributed by atoms with Crippen LogP contribution in [0.25, 0.3) is 0 Å². The van der Waals surface area contributed by atoms with E-state index in [4.69, 9.17) is 0 Å². The van der Waals surface area contributed by atoms with Gasteiger partial charge in [-0.25, -0.2) is 0 Å². The molecule has 4 heteroatoms. The van der Waals surface area contributed by atoms with E-state index in [1.54, 1.807) is 17.3 Å². The Balaban J connectivity index is 2.32. The molecule has 0 bridgehead atoms. The predicted molar refractivity (Wildman–Crippen MR) is 73.3 cm³/mol. The standard InChI is InChI=1S/C14H23N3O/c1-4-16-12(2)11-14(18)17(3)10-7-13-5-8-15-9-6-13/h5-6,8-9,12,16H,4,7,10-11H2,1-3H3. The third-order valence-corrected chi connectivity index (χ3v) is 2.94. The van der Waals surface area contributed by atoms with Crippen LogP contribution in [0.1, 0.15) is 25.8 Å². The van der Waals surface area contributed by atoms with Crippen LogP contribution in [0, 0.1) is 0 Å². The maximum Gasteiger partial charge on any atom is 0.223 e. The highest BCUT2D eigenvalue weighted by atomic mass is 16.2. The number of carbonyl (C=O) groups excluding carboxylic acids is 1. The largest absolute Gasteiger partial charge is 0.345 e. The molecule has 0 aliphatic carbocycles. The zero-order valence-electron chi connectivity index (χ0n) is 11.5. The molecule has 18 heavy (non-hydrogen) atoms. The molecule has 1 aromatic heterocycles. The molecule has 1 atom stereocenters. The topological polar surface area (TPSA) is 45.2 Å². The summed E-state index contributed by atoms with van der Waals surface area (Å²) in [6.07, 6.45) is 5.00. The lowest BCUT2D eigenvalue weighted by Crippen LogP contribution is -2.35. The second-order valence-electron chi connectivity index (χ2n) is 4.58. The van der Waals surface area contributed by atoms with Gasteiger partial charge in [0.2, 0.25) is 5.91 Å². The molecule has 1 aromatic rings. The summed E-state index contributed by atoms with van der Waals surface area (Å²) in [4.78, 5) is 17.7. The van der Waals surface area contributed by atoms with Gasteiger partial charge >= 0.3 is 0 Å². The van der Waals surface area contributed by atoms with E-state index in [1.807, 2.05) is 33.0 Å². The van der Waals surface area contributed by atoms with E-state index in [1.165, 1.54) is 5.56 Å². The Morgan fingerprint density at radius 3 is 2.72 bits per heavy atom. The number of hydrogen-bond donors (Lipinski definition) is 1. The fraction of sp³-hybridized carbons (Fsp3) is 0.571. The first-order chi connectivity index (χ1) is 8.63. The number of amides is 1. The van der Waals surface area contributed by atoms with E-state index in [-0.39, 0.29) is 11.9 Å². The Hall–Kier alpha value is -1.42. The fourth-order valence-corrected chi connectivity index (χ4v) is 1.81. The molecule has 4 nitrogen and oxygen atoms in total. The van der Waals surface area contributed by atoms with Crippen molar-refractivity contribution < 1.29 is 4.79 Å². The zero-order valence-corrected chi connectivity index (χ0v) is 11.5. The molecule has 0 radical (unpaired) electrons. The van der Waals surface area contributed by atoms with Crippen molar-refractivity contribution in [1.82, 2.24) is 15.2 Å². The van der Waals surface area contributed by atoms with Gasteiger partial charge in [0.15, 0.2) is 0 Å². The lowest BCUT2D eigenvalue weighted by Gasteiger charge is -2.20. The number of nitrogens with one attached hydrogen (secondary N) is 1. The lowest BCUT2D eigenvalue weighted by molar-refractivity contribution is -0.130. The minimum absolute atomic E-state index is 0.192. The number of hydrogen-bond acceptors (Lipinski definition) is 3. The summed E-state index contributed by atoms with van der Waals surface area (Å²) in [7, 11) is 1.86. The SMILES string of the molecule is CCNC(C)CC(=O)N(C)CCc1ccncc1. The van der Waals surface area contributed by atoms with Crippen molar-refractivity contribution in [1.29, 1.82) is 0 Å². The number of nitrogens with zero attached hydrogens (tertiary/aromatic N) is 2. The minimum Gasteiger partial charge on any atom is -0.345 e. The van der Waals surface area contributed by atoms with Crippen molar-refractivity contribution in [3.63, 3.8) is 0 Å². The van der Waals surface area contributed by atoms with Gasteiger partial charge in [0.1, 0.15) is 0 Å². The molecular formula is C14H23N3O. The third-order valence-electron chi connectivity index (χ3n) is 2.94. The first-order valence-electron chi connectivity index (χ1n) is 6.49. The van der Waals surface area contributed by atoms with Crippen LogP contribution in [0.15, 0.2) is 24.5 Å². The van der Waals surface area contributed by atoms with E-state index in [2.05, 4.69) is 10.3 Å². The summed E-state index contributed by atoms with van der Waals surface area (Å²) in [6.45, 7) is 5.74. The average Bonchev–Trinajstić information content (AvgIpc) is 2.37. The van der Waals surface area contributed by atoms with Gasteiger partial charge in [0.25, 0.3) is 0 Å². The van der Waals surface area contributed by atoms with E-state index in [0.29, 0.717) is 6.42 Å². The van der Waals surface area contributed by atoms with Crippen molar-refractivity contribution in [3.05, 3.63) is 30.1 Å². The second-order valence-corrected chi connectivity index (χ2v) is 4.58. The second kappa shape index (κ2) is 7.82. The molecule has 1 unspecified atom stereocenters. The van der Waals surface area contributed by atoms with E-state index >= 15 is 0 Å². The van der Waals surface area contributed by atoms with Crippen molar-refractivity contribution in [2.24, 2.45) is 0 Å². The Morgan fingerprint density at radius 2 is 2.11 bits per heavy atom. The molecule has 0 aliphatic rings. The monoisotopic (exact) mass is 249 g/mol. The summed E-state index contributed by atoms with van der Waals surface area (Å²) >= 11 is 0. The highest BCUT2D eigenvalue weighted by molar-refractivity contribution is 5.76. The number of likely N-dealkylation sites (N-methyl/N-ethyl adjacent to an activating group) is 1. The summed E-state index contributed by atoms with van der Waals surface area (Å²) in [5.41, 5.74) is 1.21. The number of pyridine rings is 1. The first kappa shape index (κ1) is 14.6. The molecule has 1 amide bonds. The average molecular weight is 249 g/mol. The highest BCUT2D eigenvalue weighted by Crippen LogP contribution is 2.01. The fourth-order valence-electron chi connectivity index (χ4n) is 1.81. The van der Waals surface area contributed by atoms with Gasteiger partial charge < -0.3 is 10.2 Å². The number of aromatic nitrogens is 1. The molecule has 0 saturated heterocycles. The van der Waals surface area contributed by atoms with Crippen LogP contribution in [0.2, 0.25) is 0 Å². The van der Waals surface area contributed by atoms with Crippen LogP contribution in [0.3, 0.4) is 0 Å². The number of carbonyl (C=O) groups is 1. The van der Waals surface area contributed by atoms with Gasteiger partial charge in [0.05, 0.1) is 0 Å². The highest BCUT2D eigenvalue weighted by Gasteiger charge is 2.12. The minimum atomic E-state index is 0.192. The molecule has 0 fully saturated rings. The molecule has 0 saturated carbocycles. The quantitative estimate of drug-likeness (QED) is 0.796. The molecule has 1 rings (SSSR count). The van der Waals surface area contributed by atoms with Crippen LogP contribution in [-0.2, 0) is 11.2 Å². The van der Waals surface area contributed by atoms with Crippen LogP contribution >= 0.6 is 0 Å². The van der Waals surface area contributed by atoms with Gasteiger partial charge in [-0.05, 0) is 37.6 Å². The van der Waals surface area contributed by atoms with Crippen molar-refractivity contribution in [2.45, 2.75) is 32.7 Å². The summed E-state index contributed by atoms with van der Waals surface area (Å²) in [5, 5.41) is 3.25. The maximum absolute atomic E-state index is 11.9. The Labute approximate surface area is 109 Å². The number of rotatable bonds is 7. The van der Waals surface area contributed by atoms with Crippen molar-refractivity contribution in [3.8, 4) is 0 Å². The van der Waals surface area contributed by atoms with Crippen LogP contribution in [0.4, 0.5) is 0 Å². The van der Waals surface area contributed by atoms with Crippen molar-refractivity contribution in [2.75, 3.05) is 20.1 Å². The van der Waals surface area contributed by atoms with Crippen molar-refractivity contribution >= 4 is 5.91 Å². The van der Waals surface area contributed by atoms with Gasteiger partial charge in [-0.3, -0.25) is 9.78 Å². The molecule has 1 heterocycles. The van der Waals surface area contributed by atoms with Crippen LogP contribution in [0.5, 0.6) is 0 Å². The van der Waals surface area contributed by atoms with E-state index < -0.39 is 0 Å². The maximum atomic E-state index is 11.9. The molecule has 0 aliphatic heterocycles. The van der Waals surface area contributed by atoms with Gasteiger partial charge in [-0.1, -0.05) is 6.92 Å². The van der Waals surface area contributed by atoms with Gasteiger partial charge in [-0.15, -0.1) is 0 Å². The van der Waals surface area contributed by atoms with Crippen LogP contribution < -0.4 is 5.32 Å². The van der Waals surface area contributed by atoms with E-state index in [0.717, 1.165) is 19.5 Å². The summed E-state index contributed by atoms with van der Waals surface area (Å²) < 4.78 is 0. The van der Waals surface area contributed by atoms with Gasteiger partial charge in [-0.2, -0.15) is 0 Å². The Bertz CT molecular complexity index is 353. The lowest BCUT2D eigenvalue weighted by atomic mass is 10.1. The molecule has 1 N–H and O–H groups in total. The summed E-state index contributed by atoms with van der Waals surface area (Å²) in [5.74, 6) is 0.192. The zero-order chi connectivity index (χ0) is 13.4. The molecule has 0 spiro atoms. The smallest absolute Gasteiger partial charge is 0.223 e. The molecule has 100 valence electrons. The van der Waals surface area contributed by atoms with Gasteiger partial charge in [0, 0.05) is 38.4 Å². The first-order valence-corrected chi connectivity index (χ1v) is 6.49. The van der Waals surface area contributed by atoms with E-state index in [9.17, 15) is 4.79 Å². The Morgan fingerprint density at radius 1 is 1.44 bits per heavy atom. The summed E-state index contributed by atoms with van der Waals surface area (Å²) in [6, 6.07) is 4.21. The molecule has 0 aromatic carbocycles. The Kier molecular flexibility index (Phi) is 6.36. The molecular weight excluding hydrogens is 226 g/mol. The third kappa shape index (κ3) is 5.27. The predicted octanol–water partition coefficient (Wildman–Crippen LogP) is 1.47.